The third kappa shape index (κ3) is 2.68. The molecule has 0 amide bonds. The van der Waals surface area contributed by atoms with Gasteiger partial charge in [-0.25, -0.2) is 4.39 Å². The maximum Gasteiger partial charge on any atom is 0.146 e. The Kier molecular flexibility index (Phi) is 3.95. The van der Waals surface area contributed by atoms with E-state index in [4.69, 9.17) is 5.73 Å². The number of hydrogen-bond acceptors (Lipinski definition) is 2. The van der Waals surface area contributed by atoms with Crippen molar-refractivity contribution in [3.05, 3.63) is 65.5 Å². The Morgan fingerprint density at radius 1 is 1.11 bits per heavy atom. The minimum atomic E-state index is -0.260. The van der Waals surface area contributed by atoms with E-state index in [1.54, 1.807) is 18.2 Å². The number of para-hydroxylation sites is 1. The monoisotopic (exact) mass is 244 g/mol. The Morgan fingerprint density at radius 3 is 2.44 bits per heavy atom. The second-order valence-corrected chi connectivity index (χ2v) is 4.27. The van der Waals surface area contributed by atoms with Crippen LogP contribution in [0.3, 0.4) is 0 Å². The summed E-state index contributed by atoms with van der Waals surface area (Å²) < 4.78 is 13.6. The van der Waals surface area contributed by atoms with Crippen LogP contribution in [-0.4, -0.2) is 6.54 Å². The highest BCUT2D eigenvalue weighted by Gasteiger charge is 2.13. The number of anilines is 1. The average Bonchev–Trinajstić information content (AvgIpc) is 2.39. The largest absolute Gasteiger partial charge is 0.375 e. The molecule has 2 aromatic rings. The van der Waals surface area contributed by atoms with Gasteiger partial charge in [-0.3, -0.25) is 0 Å². The van der Waals surface area contributed by atoms with Crippen LogP contribution in [0, 0.1) is 12.7 Å². The zero-order chi connectivity index (χ0) is 13.0. The summed E-state index contributed by atoms with van der Waals surface area (Å²) in [7, 11) is 0. The van der Waals surface area contributed by atoms with Gasteiger partial charge >= 0.3 is 0 Å². The fraction of sp³-hybridized carbons (Fsp3) is 0.200. The zero-order valence-electron chi connectivity index (χ0n) is 10.4. The maximum absolute atomic E-state index is 13.6. The van der Waals surface area contributed by atoms with Gasteiger partial charge in [-0.15, -0.1) is 0 Å². The van der Waals surface area contributed by atoms with Gasteiger partial charge in [0.25, 0.3) is 0 Å². The molecule has 0 bridgehead atoms. The van der Waals surface area contributed by atoms with E-state index in [9.17, 15) is 4.39 Å². The van der Waals surface area contributed by atoms with E-state index in [-0.39, 0.29) is 11.9 Å². The predicted octanol–water partition coefficient (Wildman–Crippen LogP) is 3.25. The number of aryl methyl sites for hydroxylation is 1. The minimum absolute atomic E-state index is 0.0805. The van der Waals surface area contributed by atoms with Gasteiger partial charge in [0, 0.05) is 6.54 Å². The molecular formula is C15H17FN2. The van der Waals surface area contributed by atoms with E-state index < -0.39 is 0 Å². The summed E-state index contributed by atoms with van der Waals surface area (Å²) in [4.78, 5) is 0. The second kappa shape index (κ2) is 5.65. The molecule has 0 radical (unpaired) electrons. The molecule has 0 fully saturated rings. The van der Waals surface area contributed by atoms with Gasteiger partial charge < -0.3 is 11.1 Å². The third-order valence-corrected chi connectivity index (χ3v) is 3.00. The van der Waals surface area contributed by atoms with Crippen molar-refractivity contribution < 1.29 is 4.39 Å². The van der Waals surface area contributed by atoms with E-state index in [1.807, 2.05) is 31.2 Å². The number of halogens is 1. The fourth-order valence-electron chi connectivity index (χ4n) is 2.01. The molecule has 0 aliphatic rings. The molecule has 0 saturated carbocycles. The van der Waals surface area contributed by atoms with Crippen LogP contribution >= 0.6 is 0 Å². The van der Waals surface area contributed by atoms with Gasteiger partial charge in [0.05, 0.1) is 11.7 Å². The molecule has 0 saturated heterocycles. The van der Waals surface area contributed by atoms with Crippen LogP contribution < -0.4 is 11.1 Å². The summed E-state index contributed by atoms with van der Waals surface area (Å²) in [5.74, 6) is -0.260. The first kappa shape index (κ1) is 12.6. The number of nitrogens with one attached hydrogen (secondary N) is 1. The Labute approximate surface area is 107 Å². The van der Waals surface area contributed by atoms with Gasteiger partial charge in [-0.2, -0.15) is 0 Å². The molecule has 3 heteroatoms. The molecule has 0 aliphatic carbocycles. The van der Waals surface area contributed by atoms with Crippen LogP contribution in [0.15, 0.2) is 48.5 Å². The highest BCUT2D eigenvalue weighted by atomic mass is 19.1. The van der Waals surface area contributed by atoms with E-state index in [1.165, 1.54) is 6.07 Å². The van der Waals surface area contributed by atoms with E-state index >= 15 is 0 Å². The molecule has 18 heavy (non-hydrogen) atoms. The number of benzene rings is 2. The van der Waals surface area contributed by atoms with Crippen LogP contribution in [0.2, 0.25) is 0 Å². The van der Waals surface area contributed by atoms with Crippen molar-refractivity contribution in [2.75, 3.05) is 11.9 Å². The van der Waals surface area contributed by atoms with E-state index in [0.29, 0.717) is 12.2 Å². The molecule has 0 spiro atoms. The lowest BCUT2D eigenvalue weighted by molar-refractivity contribution is 0.625. The number of nitrogens with two attached hydrogens (primary N) is 1. The highest BCUT2D eigenvalue weighted by molar-refractivity contribution is 5.47. The third-order valence-electron chi connectivity index (χ3n) is 3.00. The smallest absolute Gasteiger partial charge is 0.146 e. The molecule has 1 atom stereocenters. The maximum atomic E-state index is 13.6. The van der Waals surface area contributed by atoms with Gasteiger partial charge in [-0.1, -0.05) is 36.4 Å². The molecule has 0 heterocycles. The highest BCUT2D eigenvalue weighted by Crippen LogP contribution is 2.23. The molecule has 94 valence electrons. The van der Waals surface area contributed by atoms with Crippen molar-refractivity contribution in [3.8, 4) is 0 Å². The van der Waals surface area contributed by atoms with Gasteiger partial charge in [0.15, 0.2) is 0 Å². The van der Waals surface area contributed by atoms with Crippen molar-refractivity contribution in [3.63, 3.8) is 0 Å². The van der Waals surface area contributed by atoms with Crippen LogP contribution in [0.1, 0.15) is 17.2 Å². The summed E-state index contributed by atoms with van der Waals surface area (Å²) in [5, 5.41) is 3.15. The lowest BCUT2D eigenvalue weighted by Gasteiger charge is -2.20. The number of rotatable bonds is 4. The van der Waals surface area contributed by atoms with Crippen molar-refractivity contribution >= 4 is 5.69 Å². The van der Waals surface area contributed by atoms with Crippen LogP contribution in [0.25, 0.3) is 0 Å². The molecule has 0 aromatic heterocycles. The molecule has 0 aliphatic heterocycles. The quantitative estimate of drug-likeness (QED) is 0.866. The van der Waals surface area contributed by atoms with Gasteiger partial charge in [-0.05, 0) is 30.2 Å². The Balaban J connectivity index is 2.26. The Bertz CT molecular complexity index is 525. The number of hydrogen-bond donors (Lipinski definition) is 2. The zero-order valence-corrected chi connectivity index (χ0v) is 10.4. The van der Waals surface area contributed by atoms with E-state index in [0.717, 1.165) is 11.1 Å². The summed E-state index contributed by atoms with van der Waals surface area (Å²) in [6.45, 7) is 2.44. The molecule has 2 nitrogen and oxygen atoms in total. The average molecular weight is 244 g/mol. The van der Waals surface area contributed by atoms with Gasteiger partial charge in [0.2, 0.25) is 0 Å². The first-order valence-electron chi connectivity index (χ1n) is 5.99. The standard InChI is InChI=1S/C15H17FN2/c1-11-6-2-3-7-12(11)15(10-17)18-14-9-5-4-8-13(14)16/h2-9,15,18H,10,17H2,1H3. The lowest BCUT2D eigenvalue weighted by Crippen LogP contribution is -2.21. The summed E-state index contributed by atoms with van der Waals surface area (Å²) in [5.41, 5.74) is 8.52. The van der Waals surface area contributed by atoms with Crippen LogP contribution in [-0.2, 0) is 0 Å². The van der Waals surface area contributed by atoms with Crippen LogP contribution in [0.5, 0.6) is 0 Å². The van der Waals surface area contributed by atoms with Crippen LogP contribution in [0.4, 0.5) is 10.1 Å². The molecule has 2 rings (SSSR count). The molecule has 1 unspecified atom stereocenters. The summed E-state index contributed by atoms with van der Waals surface area (Å²) in [6.07, 6.45) is 0. The van der Waals surface area contributed by atoms with Crippen molar-refractivity contribution in [1.82, 2.24) is 0 Å². The second-order valence-electron chi connectivity index (χ2n) is 4.27. The van der Waals surface area contributed by atoms with Gasteiger partial charge in [0.1, 0.15) is 5.82 Å². The molecular weight excluding hydrogens is 227 g/mol. The summed E-state index contributed by atoms with van der Waals surface area (Å²) >= 11 is 0. The fourth-order valence-corrected chi connectivity index (χ4v) is 2.01. The normalized spacial score (nSPS) is 12.2. The molecule has 2 aromatic carbocycles. The van der Waals surface area contributed by atoms with Crippen molar-refractivity contribution in [1.29, 1.82) is 0 Å². The summed E-state index contributed by atoms with van der Waals surface area (Å²) in [6, 6.07) is 14.5. The van der Waals surface area contributed by atoms with E-state index in [2.05, 4.69) is 5.32 Å². The van der Waals surface area contributed by atoms with Crippen molar-refractivity contribution in [2.45, 2.75) is 13.0 Å². The molecule has 3 N–H and O–H groups in total. The first-order chi connectivity index (χ1) is 8.72. The Morgan fingerprint density at radius 2 is 1.78 bits per heavy atom. The topological polar surface area (TPSA) is 38.0 Å². The Hall–Kier alpha value is -1.87. The predicted molar refractivity (Wildman–Crippen MR) is 73.0 cm³/mol. The van der Waals surface area contributed by atoms with Crippen molar-refractivity contribution in [2.24, 2.45) is 5.73 Å². The first-order valence-corrected chi connectivity index (χ1v) is 5.99. The minimum Gasteiger partial charge on any atom is -0.375 e. The SMILES string of the molecule is Cc1ccccc1C(CN)Nc1ccccc1F. The lowest BCUT2D eigenvalue weighted by atomic mass is 10.0.